The van der Waals surface area contributed by atoms with Crippen molar-refractivity contribution in [2.45, 2.75) is 6.92 Å². The normalized spacial score (nSPS) is 13.0. The van der Waals surface area contributed by atoms with Crippen LogP contribution in [0, 0.1) is 19.1 Å². The third-order valence-corrected chi connectivity index (χ3v) is 11.7. The minimum Gasteiger partial charge on any atom is -0.357 e. The van der Waals surface area contributed by atoms with Crippen molar-refractivity contribution in [3.63, 3.8) is 0 Å². The Hall–Kier alpha value is -7.20. The second-order valence-corrected chi connectivity index (χ2v) is 15.4. The van der Waals surface area contributed by atoms with E-state index >= 15 is 0 Å². The van der Waals surface area contributed by atoms with Crippen molar-refractivity contribution in [2.24, 2.45) is 0 Å². The molecule has 11 rings (SSSR count). The molecular formula is C56H41N5Pt. The number of para-hydroxylation sites is 4. The maximum atomic E-state index is 8.41. The SMILES string of the molecule is [2H]C([2H])([2H])N1CN(c2[c-]c(N(c3[c-]c4c(cc3)c3ccccc3n4-c3cc(-c4ccccc4C)ccn3)c3c(-c4ccccc4)cccc3-c3ccccc3)ccc2)c2ccccc21.[Pt+2]. The molecule has 0 radical (unpaired) electrons. The zero-order chi connectivity index (χ0) is 43.4. The Morgan fingerprint density at radius 3 is 1.97 bits per heavy atom. The predicted molar refractivity (Wildman–Crippen MR) is 254 cm³/mol. The molecule has 0 amide bonds. The Kier molecular flexibility index (Phi) is 9.37. The Balaban J connectivity index is 0.00000498. The molecule has 3 heterocycles. The molecule has 2 aromatic heterocycles. The summed E-state index contributed by atoms with van der Waals surface area (Å²) < 4.78 is 27.5. The average Bonchev–Trinajstić information content (AvgIpc) is 3.89. The first-order valence-corrected chi connectivity index (χ1v) is 20.5. The van der Waals surface area contributed by atoms with Crippen molar-refractivity contribution in [2.75, 3.05) is 28.3 Å². The van der Waals surface area contributed by atoms with Crippen molar-refractivity contribution in [3.05, 3.63) is 218 Å². The van der Waals surface area contributed by atoms with Gasteiger partial charge in [0.05, 0.1) is 23.7 Å². The fourth-order valence-corrected chi connectivity index (χ4v) is 8.87. The molecule has 0 saturated carbocycles. The van der Waals surface area contributed by atoms with Crippen LogP contribution in [0.2, 0.25) is 0 Å². The van der Waals surface area contributed by atoms with Gasteiger partial charge in [-0.15, -0.1) is 35.7 Å². The number of anilines is 6. The molecule has 10 aromatic rings. The number of benzene rings is 8. The van der Waals surface area contributed by atoms with Crippen LogP contribution in [0.4, 0.5) is 34.1 Å². The first-order valence-electron chi connectivity index (χ1n) is 22.0. The number of hydrogen-bond donors (Lipinski definition) is 0. The van der Waals surface area contributed by atoms with E-state index in [-0.39, 0.29) is 27.7 Å². The van der Waals surface area contributed by atoms with Crippen LogP contribution < -0.4 is 14.7 Å². The summed E-state index contributed by atoms with van der Waals surface area (Å²) in [4.78, 5) is 10.8. The Bertz CT molecular complexity index is 3290. The van der Waals surface area contributed by atoms with E-state index in [2.05, 4.69) is 174 Å². The number of fused-ring (bicyclic) bond motifs is 4. The van der Waals surface area contributed by atoms with Crippen molar-refractivity contribution in [1.82, 2.24) is 9.55 Å². The van der Waals surface area contributed by atoms with Crippen LogP contribution in [0.1, 0.15) is 9.68 Å². The fraction of sp³-hybridized carbons (Fsp3) is 0.0536. The molecule has 5 nitrogen and oxygen atoms in total. The van der Waals surface area contributed by atoms with Crippen LogP contribution in [-0.4, -0.2) is 23.2 Å². The predicted octanol–water partition coefficient (Wildman–Crippen LogP) is 14.1. The van der Waals surface area contributed by atoms with Gasteiger partial charge >= 0.3 is 21.1 Å². The molecule has 0 spiro atoms. The van der Waals surface area contributed by atoms with E-state index in [1.807, 2.05) is 59.6 Å². The maximum Gasteiger partial charge on any atom is 2.00 e. The van der Waals surface area contributed by atoms with E-state index < -0.39 is 6.98 Å². The molecular weight excluding hydrogens is 938 g/mol. The van der Waals surface area contributed by atoms with Gasteiger partial charge in [0.25, 0.3) is 0 Å². The van der Waals surface area contributed by atoms with Crippen LogP contribution in [-0.2, 0) is 21.1 Å². The van der Waals surface area contributed by atoms with Gasteiger partial charge < -0.3 is 19.3 Å². The van der Waals surface area contributed by atoms with Gasteiger partial charge in [0.2, 0.25) is 0 Å². The monoisotopic (exact) mass is 981 g/mol. The van der Waals surface area contributed by atoms with E-state index in [1.54, 1.807) is 0 Å². The summed E-state index contributed by atoms with van der Waals surface area (Å²) in [5, 5.41) is 2.16. The van der Waals surface area contributed by atoms with Gasteiger partial charge in [0, 0.05) is 33.9 Å². The number of nitrogens with zero attached hydrogens (tertiary/aromatic N) is 5. The maximum absolute atomic E-state index is 8.41. The van der Waals surface area contributed by atoms with E-state index in [1.165, 1.54) is 10.5 Å². The topological polar surface area (TPSA) is 27.5 Å². The van der Waals surface area contributed by atoms with Crippen molar-refractivity contribution >= 4 is 55.9 Å². The van der Waals surface area contributed by atoms with Crippen molar-refractivity contribution in [1.29, 1.82) is 0 Å². The second-order valence-electron chi connectivity index (χ2n) is 15.4. The summed E-state index contributed by atoms with van der Waals surface area (Å²) >= 11 is 0. The van der Waals surface area contributed by atoms with Gasteiger partial charge in [0.1, 0.15) is 5.82 Å². The molecule has 0 atom stereocenters. The quantitative estimate of drug-likeness (QED) is 0.142. The fourth-order valence-electron chi connectivity index (χ4n) is 8.87. The number of aryl methyl sites for hydroxylation is 1. The molecule has 0 N–H and O–H groups in total. The molecule has 0 saturated heterocycles. The summed E-state index contributed by atoms with van der Waals surface area (Å²) in [5.41, 5.74) is 14.3. The molecule has 1 aliphatic rings. The molecule has 0 bridgehead atoms. The Labute approximate surface area is 381 Å². The zero-order valence-corrected chi connectivity index (χ0v) is 36.1. The third-order valence-electron chi connectivity index (χ3n) is 11.7. The largest absolute Gasteiger partial charge is 2.00 e. The smallest absolute Gasteiger partial charge is 0.357 e. The minimum absolute atomic E-state index is 0. The summed E-state index contributed by atoms with van der Waals surface area (Å²) in [6, 6.07) is 74.5. The van der Waals surface area contributed by atoms with Crippen LogP contribution in [0.15, 0.2) is 200 Å². The Morgan fingerprint density at radius 2 is 1.21 bits per heavy atom. The van der Waals surface area contributed by atoms with Gasteiger partial charge in [0.15, 0.2) is 0 Å². The first-order chi connectivity index (χ1) is 31.3. The minimum atomic E-state index is -2.33. The zero-order valence-electron chi connectivity index (χ0n) is 36.8. The molecule has 300 valence electrons. The van der Waals surface area contributed by atoms with Gasteiger partial charge in [-0.1, -0.05) is 156 Å². The first kappa shape index (κ1) is 35.5. The number of rotatable bonds is 8. The molecule has 0 fully saturated rings. The Morgan fingerprint density at radius 1 is 0.565 bits per heavy atom. The van der Waals surface area contributed by atoms with Gasteiger partial charge in [-0.05, 0) is 70.5 Å². The summed E-state index contributed by atoms with van der Waals surface area (Å²) in [7, 11) is 0. The number of aromatic nitrogens is 2. The summed E-state index contributed by atoms with van der Waals surface area (Å²) in [6.45, 7) is -0.0389. The van der Waals surface area contributed by atoms with Gasteiger partial charge in [-0.2, -0.15) is 12.1 Å². The van der Waals surface area contributed by atoms with Crippen LogP contribution in [0.25, 0.3) is 61.0 Å². The van der Waals surface area contributed by atoms with Crippen LogP contribution in [0.5, 0.6) is 0 Å². The number of hydrogen-bond acceptors (Lipinski definition) is 4. The van der Waals surface area contributed by atoms with E-state index in [4.69, 9.17) is 9.10 Å². The van der Waals surface area contributed by atoms with Gasteiger partial charge in [-0.3, -0.25) is 0 Å². The van der Waals surface area contributed by atoms with Crippen LogP contribution >= 0.6 is 0 Å². The van der Waals surface area contributed by atoms with Crippen LogP contribution in [0.3, 0.4) is 0 Å². The molecule has 62 heavy (non-hydrogen) atoms. The molecule has 0 aliphatic carbocycles. The summed E-state index contributed by atoms with van der Waals surface area (Å²) in [5.74, 6) is 0.793. The van der Waals surface area contributed by atoms with Gasteiger partial charge in [-0.25, -0.2) is 4.98 Å². The number of pyridine rings is 1. The molecule has 0 unspecified atom stereocenters. The molecule has 6 heteroatoms. The van der Waals surface area contributed by atoms with E-state index in [9.17, 15) is 0 Å². The second kappa shape index (κ2) is 16.3. The van der Waals surface area contributed by atoms with E-state index in [0.29, 0.717) is 5.69 Å². The molecule has 8 aromatic carbocycles. The van der Waals surface area contributed by atoms with E-state index in [0.717, 1.165) is 89.4 Å². The molecule has 1 aliphatic heterocycles. The third kappa shape index (κ3) is 6.76. The average molecular weight is 982 g/mol. The van der Waals surface area contributed by atoms with Crippen molar-refractivity contribution < 1.29 is 25.2 Å². The van der Waals surface area contributed by atoms with Crippen molar-refractivity contribution in [3.8, 4) is 39.2 Å². The standard InChI is InChI=1S/C56H41N5.Pt/c1-39-17-9-10-24-46(39)42-33-34-57-55(35-42)61-51-28-12-11-25-49(51)50-32-31-45(37-54(50)61)60(44-23-15-22-43(36-44)59-38-58(2)52-29-13-14-30-53(52)59)56-47(40-18-5-3-6-19-40)26-16-27-48(56)41-20-7-4-8-21-41;/h3-35H,38H2,1-2H3;/q-2;+2/i2D3;. The summed E-state index contributed by atoms with van der Waals surface area (Å²) in [6.07, 6.45) is 1.89.